The third kappa shape index (κ3) is 5.52. The van der Waals surface area contributed by atoms with Gasteiger partial charge in [0.1, 0.15) is 42.5 Å². The predicted molar refractivity (Wildman–Crippen MR) is 154 cm³/mol. The Morgan fingerprint density at radius 3 is 2.88 bits per heavy atom. The van der Waals surface area contributed by atoms with Gasteiger partial charge in [0.15, 0.2) is 5.13 Å². The highest BCUT2D eigenvalue weighted by Crippen LogP contribution is 2.40. The van der Waals surface area contributed by atoms with Crippen LogP contribution in [-0.4, -0.2) is 95.9 Å². The van der Waals surface area contributed by atoms with Crippen LogP contribution in [0.3, 0.4) is 0 Å². The molecule has 3 aromatic heterocycles. The molecular formula is C25H28FN10O5S2+. The first-order chi connectivity index (χ1) is 20.9. The number of alkyl halides is 1. The van der Waals surface area contributed by atoms with E-state index in [-0.39, 0.29) is 28.9 Å². The van der Waals surface area contributed by atoms with Crippen molar-refractivity contribution in [3.63, 3.8) is 0 Å². The number of anilines is 1. The number of aliphatic carboxylic acids is 1. The zero-order valence-corrected chi connectivity index (χ0v) is 24.3. The van der Waals surface area contributed by atoms with E-state index >= 15 is 0 Å². The number of oxime groups is 1. The standard InChI is InChI=1S/C25H27FN10O5S2/c26-5-9-41-32-16(19-31-25(27)43-33-19)21(37)30-17-22(38)36-18(24(39)40)13(11-42-23(17)36)10-34-8-1-2-15-20(34)29-12-35(15)14-3-6-28-7-4-14/h1-2,8,12,14,17,23,28H,3-7,9-11H2,(H3-,27,30,31,33,37,39,40)/p+1/b32-16-. The van der Waals surface area contributed by atoms with Crippen LogP contribution in [0.1, 0.15) is 24.7 Å². The number of piperidine rings is 1. The molecule has 3 aliphatic rings. The monoisotopic (exact) mass is 631 g/mol. The molecule has 2 fully saturated rings. The Morgan fingerprint density at radius 1 is 1.35 bits per heavy atom. The minimum atomic E-state index is -1.24. The summed E-state index contributed by atoms with van der Waals surface area (Å²) in [6.07, 6.45) is 5.66. The van der Waals surface area contributed by atoms with Crippen LogP contribution in [0.2, 0.25) is 0 Å². The number of pyridine rings is 1. The first-order valence-electron chi connectivity index (χ1n) is 13.5. The number of nitrogens with one attached hydrogen (secondary N) is 2. The molecule has 2 saturated heterocycles. The molecule has 6 heterocycles. The fourth-order valence-corrected chi connectivity index (χ4v) is 7.20. The average Bonchev–Trinajstić information content (AvgIpc) is 3.65. The second-order valence-electron chi connectivity index (χ2n) is 10.0. The Morgan fingerprint density at radius 2 is 2.16 bits per heavy atom. The molecule has 18 heteroatoms. The van der Waals surface area contributed by atoms with Crippen molar-refractivity contribution >= 4 is 63.1 Å². The topological polar surface area (TPSA) is 194 Å². The summed E-state index contributed by atoms with van der Waals surface area (Å²) >= 11 is 2.16. The second kappa shape index (κ2) is 12.2. The van der Waals surface area contributed by atoms with Crippen molar-refractivity contribution in [1.82, 2.24) is 34.4 Å². The molecule has 5 N–H and O–H groups in total. The Kier molecular flexibility index (Phi) is 8.22. The van der Waals surface area contributed by atoms with Crippen molar-refractivity contribution < 1.29 is 33.3 Å². The van der Waals surface area contributed by atoms with E-state index in [0.717, 1.165) is 48.6 Å². The molecule has 0 aromatic carbocycles. The lowest BCUT2D eigenvalue weighted by atomic mass is 10.0. The number of carboxylic acid groups (broad SMARTS) is 1. The number of halogens is 1. The van der Waals surface area contributed by atoms with Crippen LogP contribution in [0.5, 0.6) is 0 Å². The van der Waals surface area contributed by atoms with Gasteiger partial charge in [-0.2, -0.15) is 9.36 Å². The zero-order chi connectivity index (χ0) is 30.1. The van der Waals surface area contributed by atoms with Crippen LogP contribution in [0.4, 0.5) is 9.52 Å². The van der Waals surface area contributed by atoms with E-state index < -0.39 is 42.5 Å². The van der Waals surface area contributed by atoms with Crippen molar-refractivity contribution in [1.29, 1.82) is 0 Å². The van der Waals surface area contributed by atoms with Crippen LogP contribution in [0, 0.1) is 0 Å². The predicted octanol–water partition coefficient (Wildman–Crippen LogP) is -0.189. The second-order valence-corrected chi connectivity index (χ2v) is 11.9. The van der Waals surface area contributed by atoms with E-state index in [1.807, 2.05) is 29.2 Å². The SMILES string of the molecule is Nc1nc(/C(=N/OCCF)C(=O)NC2C(=O)N3C(C(=O)O)=C(C[n+]4cccc5c4ncn5C4CCNCC4)CSC23)ns1. The van der Waals surface area contributed by atoms with E-state index in [4.69, 9.17) is 10.6 Å². The average molecular weight is 632 g/mol. The van der Waals surface area contributed by atoms with Gasteiger partial charge in [0.05, 0.1) is 6.20 Å². The third-order valence-corrected chi connectivity index (χ3v) is 9.28. The number of nitrogens with two attached hydrogens (primary N) is 1. The number of nitrogens with zero attached hydrogens (tertiary/aromatic N) is 7. The molecule has 3 aromatic rings. The molecule has 0 bridgehead atoms. The van der Waals surface area contributed by atoms with Crippen LogP contribution in [0.25, 0.3) is 11.2 Å². The van der Waals surface area contributed by atoms with E-state index in [2.05, 4.69) is 34.7 Å². The summed E-state index contributed by atoms with van der Waals surface area (Å²) in [5.41, 5.74) is 7.36. The Labute approximate surface area is 252 Å². The van der Waals surface area contributed by atoms with Crippen LogP contribution in [0.15, 0.2) is 41.1 Å². The zero-order valence-electron chi connectivity index (χ0n) is 22.7. The number of aromatic nitrogens is 5. The van der Waals surface area contributed by atoms with E-state index in [1.165, 1.54) is 16.7 Å². The van der Waals surface area contributed by atoms with Gasteiger partial charge in [-0.15, -0.1) is 11.8 Å². The highest BCUT2D eigenvalue weighted by molar-refractivity contribution is 8.00. The Hall–Kier alpha value is -4.16. The molecule has 0 saturated carbocycles. The summed E-state index contributed by atoms with van der Waals surface area (Å²) < 4.78 is 20.5. The third-order valence-electron chi connectivity index (χ3n) is 7.40. The van der Waals surface area contributed by atoms with Gasteiger partial charge in [-0.3, -0.25) is 14.5 Å². The molecule has 3 aliphatic heterocycles. The number of imidazole rings is 1. The number of carbonyl (C=O) groups is 3. The summed E-state index contributed by atoms with van der Waals surface area (Å²) in [6, 6.07) is 3.20. The number of nitrogen functional groups attached to an aromatic ring is 1. The van der Waals surface area contributed by atoms with Crippen molar-refractivity contribution in [2.24, 2.45) is 5.16 Å². The number of carbonyl (C=O) groups excluding carboxylic acids is 2. The number of rotatable bonds is 10. The van der Waals surface area contributed by atoms with E-state index in [0.29, 0.717) is 17.4 Å². The minimum absolute atomic E-state index is 0.0742. The van der Waals surface area contributed by atoms with Crippen LogP contribution >= 0.6 is 23.3 Å². The maximum atomic E-state index is 13.3. The van der Waals surface area contributed by atoms with Gasteiger partial charge in [-0.05, 0) is 43.0 Å². The number of hydrogen-bond donors (Lipinski definition) is 4. The highest BCUT2D eigenvalue weighted by atomic mass is 32.2. The molecule has 43 heavy (non-hydrogen) atoms. The van der Waals surface area contributed by atoms with Gasteiger partial charge in [0.25, 0.3) is 11.8 Å². The lowest BCUT2D eigenvalue weighted by Gasteiger charge is -2.49. The van der Waals surface area contributed by atoms with Gasteiger partial charge < -0.3 is 30.9 Å². The molecule has 0 aliphatic carbocycles. The maximum absolute atomic E-state index is 13.3. The number of hydrogen-bond acceptors (Lipinski definition) is 12. The molecule has 2 amide bonds. The minimum Gasteiger partial charge on any atom is -0.477 e. The lowest BCUT2D eigenvalue weighted by molar-refractivity contribution is -0.664. The normalized spacial score (nSPS) is 21.1. The fourth-order valence-electron chi connectivity index (χ4n) is 5.43. The van der Waals surface area contributed by atoms with Crippen molar-refractivity contribution in [3.05, 3.63) is 41.8 Å². The van der Waals surface area contributed by atoms with Gasteiger partial charge >= 0.3 is 11.6 Å². The number of amides is 2. The molecule has 0 spiro atoms. The maximum Gasteiger partial charge on any atom is 0.352 e. The van der Waals surface area contributed by atoms with Crippen molar-refractivity contribution in [3.8, 4) is 0 Å². The summed E-state index contributed by atoms with van der Waals surface area (Å²) in [6.45, 7) is 0.868. The number of carboxylic acids is 1. The number of fused-ring (bicyclic) bond motifs is 2. The largest absolute Gasteiger partial charge is 0.477 e. The smallest absolute Gasteiger partial charge is 0.352 e. The van der Waals surface area contributed by atoms with Gasteiger partial charge in [0.2, 0.25) is 17.9 Å². The summed E-state index contributed by atoms with van der Waals surface area (Å²) in [5.74, 6) is -2.50. The molecule has 0 radical (unpaired) electrons. The van der Waals surface area contributed by atoms with E-state index in [9.17, 15) is 23.9 Å². The fraction of sp³-hybridized carbons (Fsp3) is 0.440. The highest BCUT2D eigenvalue weighted by Gasteiger charge is 2.54. The van der Waals surface area contributed by atoms with Gasteiger partial charge in [-0.25, -0.2) is 13.8 Å². The summed E-state index contributed by atoms with van der Waals surface area (Å²) in [5, 5.41) is 19.2. The molecule has 2 atom stereocenters. The molecule has 2 unspecified atom stereocenters. The molecule has 226 valence electrons. The van der Waals surface area contributed by atoms with Crippen LogP contribution < -0.4 is 20.9 Å². The molecule has 15 nitrogen and oxygen atoms in total. The van der Waals surface area contributed by atoms with E-state index in [1.54, 1.807) is 0 Å². The lowest BCUT2D eigenvalue weighted by Crippen LogP contribution is -2.71. The molecule has 6 rings (SSSR count). The van der Waals surface area contributed by atoms with Crippen LogP contribution in [-0.2, 0) is 25.8 Å². The summed E-state index contributed by atoms with van der Waals surface area (Å²) in [4.78, 5) is 53.4. The number of thioether (sulfide) groups is 1. The molecular weight excluding hydrogens is 603 g/mol. The Balaban J connectivity index is 1.22. The Bertz CT molecular complexity index is 1640. The first-order valence-corrected chi connectivity index (χ1v) is 15.3. The summed E-state index contributed by atoms with van der Waals surface area (Å²) in [7, 11) is 0. The quantitative estimate of drug-likeness (QED) is 0.0762. The van der Waals surface area contributed by atoms with Gasteiger partial charge in [-0.1, -0.05) is 5.16 Å². The van der Waals surface area contributed by atoms with Crippen molar-refractivity contribution in [2.75, 3.05) is 37.9 Å². The van der Waals surface area contributed by atoms with Crippen molar-refractivity contribution in [2.45, 2.75) is 36.8 Å². The van der Waals surface area contributed by atoms with Gasteiger partial charge in [0, 0.05) is 28.9 Å². The first kappa shape index (κ1) is 28.9. The number of β-lactam (4-membered cyclic amide) rings is 1.